The quantitative estimate of drug-likeness (QED) is 0.365. The molecule has 0 aromatic heterocycles. The van der Waals surface area contributed by atoms with Crippen molar-refractivity contribution >= 4 is 23.7 Å². The van der Waals surface area contributed by atoms with Gasteiger partial charge in [0.15, 0.2) is 6.10 Å². The van der Waals surface area contributed by atoms with E-state index in [-0.39, 0.29) is 17.9 Å². The van der Waals surface area contributed by atoms with E-state index in [1.807, 2.05) is 30.3 Å². The van der Waals surface area contributed by atoms with Gasteiger partial charge in [0.2, 0.25) is 0 Å². The lowest BCUT2D eigenvalue weighted by Crippen LogP contribution is -2.35. The molecule has 1 heterocycles. The van der Waals surface area contributed by atoms with Crippen molar-refractivity contribution in [1.82, 2.24) is 10.2 Å². The highest BCUT2D eigenvalue weighted by atomic mass is 16.5. The van der Waals surface area contributed by atoms with Crippen LogP contribution in [0.1, 0.15) is 56.0 Å². The van der Waals surface area contributed by atoms with Crippen LogP contribution in [-0.4, -0.2) is 41.3 Å². The number of hydrogen-bond donors (Lipinski definition) is 1. The molecule has 36 heavy (non-hydrogen) atoms. The lowest BCUT2D eigenvalue weighted by molar-refractivity contribution is -0.129. The normalized spacial score (nSPS) is 13.2. The summed E-state index contributed by atoms with van der Waals surface area (Å²) < 4.78 is 11.0. The standard InChI is InChI=1S/C28H26N2O6/c1-3-35-24-14-13-20(17-30-26(32)21-11-7-8-12-22(21)27(30)33)15-23(24)28(34)36-18(2)25(31)29-16-19-9-5-4-6-10-19/h4-15,18H,3,16-17H2,1-2H3,(H,29,31). The van der Waals surface area contributed by atoms with Gasteiger partial charge in [0, 0.05) is 6.54 Å². The van der Waals surface area contributed by atoms with Gasteiger partial charge in [0.1, 0.15) is 11.3 Å². The number of carbonyl (C=O) groups excluding carboxylic acids is 4. The van der Waals surface area contributed by atoms with E-state index in [1.54, 1.807) is 43.3 Å². The molecule has 0 radical (unpaired) electrons. The van der Waals surface area contributed by atoms with Gasteiger partial charge in [-0.25, -0.2) is 4.79 Å². The lowest BCUT2D eigenvalue weighted by atomic mass is 10.1. The van der Waals surface area contributed by atoms with Crippen molar-refractivity contribution < 1.29 is 28.7 Å². The SMILES string of the molecule is CCOc1ccc(CN2C(=O)c3ccccc3C2=O)cc1C(=O)OC(C)C(=O)NCc1ccccc1. The smallest absolute Gasteiger partial charge is 0.342 e. The average molecular weight is 487 g/mol. The van der Waals surface area contributed by atoms with E-state index in [0.29, 0.717) is 29.8 Å². The summed E-state index contributed by atoms with van der Waals surface area (Å²) in [5.74, 6) is -1.68. The first-order chi connectivity index (χ1) is 17.4. The molecular weight excluding hydrogens is 460 g/mol. The molecule has 3 aromatic carbocycles. The van der Waals surface area contributed by atoms with Crippen LogP contribution >= 0.6 is 0 Å². The summed E-state index contributed by atoms with van der Waals surface area (Å²) in [6.45, 7) is 3.86. The van der Waals surface area contributed by atoms with Gasteiger partial charge in [-0.3, -0.25) is 19.3 Å². The summed E-state index contributed by atoms with van der Waals surface area (Å²) in [6.07, 6.45) is -1.05. The first-order valence-corrected chi connectivity index (χ1v) is 11.6. The fourth-order valence-electron chi connectivity index (χ4n) is 3.89. The highest BCUT2D eigenvalue weighted by molar-refractivity contribution is 6.21. The maximum atomic E-state index is 13.0. The lowest BCUT2D eigenvalue weighted by Gasteiger charge is -2.18. The van der Waals surface area contributed by atoms with Crippen molar-refractivity contribution in [2.45, 2.75) is 33.0 Å². The van der Waals surface area contributed by atoms with Crippen LogP contribution in [0, 0.1) is 0 Å². The van der Waals surface area contributed by atoms with Crippen molar-refractivity contribution in [2.24, 2.45) is 0 Å². The van der Waals surface area contributed by atoms with Crippen LogP contribution in [0.25, 0.3) is 0 Å². The van der Waals surface area contributed by atoms with E-state index in [1.165, 1.54) is 13.0 Å². The first-order valence-electron chi connectivity index (χ1n) is 11.6. The largest absolute Gasteiger partial charge is 0.493 e. The van der Waals surface area contributed by atoms with Crippen molar-refractivity contribution in [3.8, 4) is 5.75 Å². The first kappa shape index (κ1) is 24.7. The number of ether oxygens (including phenoxy) is 2. The highest BCUT2D eigenvalue weighted by Crippen LogP contribution is 2.27. The second-order valence-electron chi connectivity index (χ2n) is 8.26. The zero-order chi connectivity index (χ0) is 25.7. The maximum absolute atomic E-state index is 13.0. The minimum absolute atomic E-state index is 0.0217. The third-order valence-electron chi connectivity index (χ3n) is 5.75. The number of nitrogens with zero attached hydrogens (tertiary/aromatic N) is 1. The number of esters is 1. The number of amides is 3. The van der Waals surface area contributed by atoms with Crippen LogP contribution in [0.5, 0.6) is 5.75 Å². The van der Waals surface area contributed by atoms with Crippen molar-refractivity contribution in [3.63, 3.8) is 0 Å². The molecule has 1 atom stereocenters. The highest BCUT2D eigenvalue weighted by Gasteiger charge is 2.35. The van der Waals surface area contributed by atoms with Crippen molar-refractivity contribution in [3.05, 3.63) is 101 Å². The molecule has 4 rings (SSSR count). The molecule has 1 unspecified atom stereocenters. The predicted molar refractivity (Wildman–Crippen MR) is 131 cm³/mol. The van der Waals surface area contributed by atoms with Crippen LogP contribution in [-0.2, 0) is 22.6 Å². The minimum Gasteiger partial charge on any atom is -0.493 e. The molecule has 1 aliphatic heterocycles. The molecule has 8 heteroatoms. The second kappa shape index (κ2) is 10.9. The molecular formula is C28H26N2O6. The number of carbonyl (C=O) groups is 4. The number of imide groups is 1. The van der Waals surface area contributed by atoms with Gasteiger partial charge in [0.25, 0.3) is 17.7 Å². The number of hydrogen-bond acceptors (Lipinski definition) is 6. The Morgan fingerprint density at radius 3 is 2.17 bits per heavy atom. The number of rotatable bonds is 9. The molecule has 0 saturated heterocycles. The predicted octanol–water partition coefficient (Wildman–Crippen LogP) is 3.74. The van der Waals surface area contributed by atoms with Gasteiger partial charge < -0.3 is 14.8 Å². The zero-order valence-electron chi connectivity index (χ0n) is 20.0. The van der Waals surface area contributed by atoms with E-state index in [2.05, 4.69) is 5.32 Å². The van der Waals surface area contributed by atoms with E-state index in [4.69, 9.17) is 9.47 Å². The molecule has 0 aliphatic carbocycles. The number of benzene rings is 3. The zero-order valence-corrected chi connectivity index (χ0v) is 20.0. The monoisotopic (exact) mass is 486 g/mol. The van der Waals surface area contributed by atoms with Crippen LogP contribution in [0.15, 0.2) is 72.8 Å². The summed E-state index contributed by atoms with van der Waals surface area (Å²) in [7, 11) is 0. The Morgan fingerprint density at radius 2 is 1.53 bits per heavy atom. The fraction of sp³-hybridized carbons (Fsp3) is 0.214. The molecule has 1 aliphatic rings. The Bertz CT molecular complexity index is 1270. The summed E-state index contributed by atoms with van der Waals surface area (Å²) in [4.78, 5) is 52.1. The van der Waals surface area contributed by atoms with Gasteiger partial charge in [-0.2, -0.15) is 0 Å². The molecule has 3 aromatic rings. The van der Waals surface area contributed by atoms with Crippen molar-refractivity contribution in [2.75, 3.05) is 6.61 Å². The molecule has 3 amide bonds. The summed E-state index contributed by atoms with van der Waals surface area (Å²) in [5, 5.41) is 2.74. The van der Waals surface area contributed by atoms with Crippen LogP contribution in [0.4, 0.5) is 0 Å². The average Bonchev–Trinajstić information content (AvgIpc) is 3.13. The van der Waals surface area contributed by atoms with Crippen LogP contribution in [0.3, 0.4) is 0 Å². The van der Waals surface area contributed by atoms with Gasteiger partial charge in [-0.15, -0.1) is 0 Å². The van der Waals surface area contributed by atoms with Gasteiger partial charge in [-0.1, -0.05) is 48.5 Å². The number of nitrogens with one attached hydrogen (secondary N) is 1. The Labute approximate surface area is 208 Å². The molecule has 1 N–H and O–H groups in total. The Hall–Kier alpha value is -4.46. The summed E-state index contributed by atoms with van der Waals surface area (Å²) in [6, 6.07) is 20.8. The van der Waals surface area contributed by atoms with E-state index in [9.17, 15) is 19.2 Å². The van der Waals surface area contributed by atoms with E-state index < -0.39 is 29.8 Å². The van der Waals surface area contributed by atoms with Gasteiger partial charge >= 0.3 is 5.97 Å². The third kappa shape index (κ3) is 5.27. The fourth-order valence-corrected chi connectivity index (χ4v) is 3.89. The van der Waals surface area contributed by atoms with E-state index >= 15 is 0 Å². The topological polar surface area (TPSA) is 102 Å². The molecule has 8 nitrogen and oxygen atoms in total. The molecule has 0 spiro atoms. The summed E-state index contributed by atoms with van der Waals surface area (Å²) >= 11 is 0. The second-order valence-corrected chi connectivity index (χ2v) is 8.26. The maximum Gasteiger partial charge on any atom is 0.342 e. The Morgan fingerprint density at radius 1 is 0.889 bits per heavy atom. The summed E-state index contributed by atoms with van der Waals surface area (Å²) in [5.41, 5.74) is 2.27. The van der Waals surface area contributed by atoms with Crippen LogP contribution in [0.2, 0.25) is 0 Å². The minimum atomic E-state index is -1.05. The molecule has 0 bridgehead atoms. The van der Waals surface area contributed by atoms with E-state index in [0.717, 1.165) is 10.5 Å². The van der Waals surface area contributed by atoms with Crippen LogP contribution < -0.4 is 10.1 Å². The van der Waals surface area contributed by atoms with Crippen molar-refractivity contribution in [1.29, 1.82) is 0 Å². The van der Waals surface area contributed by atoms with Gasteiger partial charge in [-0.05, 0) is 49.2 Å². The molecule has 0 saturated carbocycles. The Balaban J connectivity index is 1.47. The third-order valence-corrected chi connectivity index (χ3v) is 5.75. The number of fused-ring (bicyclic) bond motifs is 1. The Kier molecular flexibility index (Phi) is 7.44. The van der Waals surface area contributed by atoms with Gasteiger partial charge in [0.05, 0.1) is 24.3 Å². The molecule has 184 valence electrons. The molecule has 0 fully saturated rings.